The molecule has 0 aliphatic carbocycles. The molecule has 0 aliphatic rings. The van der Waals surface area contributed by atoms with Crippen molar-refractivity contribution < 1.29 is 45.4 Å². The third kappa shape index (κ3) is 6.80. The Kier molecular flexibility index (Phi) is 8.96. The van der Waals surface area contributed by atoms with Crippen molar-refractivity contribution in [3.63, 3.8) is 0 Å². The van der Waals surface area contributed by atoms with Gasteiger partial charge in [-0.1, -0.05) is 18.2 Å². The largest absolute Gasteiger partial charge is 0.487 e. The summed E-state index contributed by atoms with van der Waals surface area (Å²) in [4.78, 5) is 22.1. The van der Waals surface area contributed by atoms with Gasteiger partial charge in [-0.05, 0) is 41.1 Å². The smallest absolute Gasteiger partial charge is 0.408 e. The molecule has 0 N–H and O–H groups in total. The zero-order chi connectivity index (χ0) is 30.7. The standard InChI is InChI=1S/C27H20BrF5N4O5S/c1-2-39-26(38)22(42-24-19-20(28)23(17-7-8-18(29)41-17)43-25(19)35-13-34-24)21(30)15-5-3-4-6-16(15)40-11-14-9-10-36-37(14)12-27(31,32)33/h3-10,13,21-22H,2,11-12H2,1H3/t21-,22+/m0/s1. The molecule has 9 nitrogen and oxygen atoms in total. The molecule has 0 spiro atoms. The van der Waals surface area contributed by atoms with Crippen LogP contribution in [0.1, 0.15) is 24.4 Å². The maximum Gasteiger partial charge on any atom is 0.408 e. The van der Waals surface area contributed by atoms with Gasteiger partial charge in [0.1, 0.15) is 35.8 Å². The molecule has 4 heterocycles. The van der Waals surface area contributed by atoms with Gasteiger partial charge in [0.05, 0.1) is 27.0 Å². The number of alkyl halides is 4. The molecule has 0 saturated carbocycles. The third-order valence-corrected chi connectivity index (χ3v) is 8.11. The summed E-state index contributed by atoms with van der Waals surface area (Å²) >= 11 is 4.55. The van der Waals surface area contributed by atoms with Gasteiger partial charge >= 0.3 is 12.1 Å². The Morgan fingerprint density at radius 1 is 1.16 bits per heavy atom. The fraction of sp³-hybridized carbons (Fsp3) is 0.259. The molecule has 0 saturated heterocycles. The van der Waals surface area contributed by atoms with Crippen LogP contribution in [0.25, 0.3) is 20.9 Å². The predicted molar refractivity (Wildman–Crippen MR) is 147 cm³/mol. The summed E-state index contributed by atoms with van der Waals surface area (Å²) in [6, 6.07) is 8.90. The Morgan fingerprint density at radius 3 is 2.67 bits per heavy atom. The van der Waals surface area contributed by atoms with Crippen LogP contribution in [-0.4, -0.2) is 44.6 Å². The van der Waals surface area contributed by atoms with E-state index in [4.69, 9.17) is 18.6 Å². The predicted octanol–water partition coefficient (Wildman–Crippen LogP) is 7.21. The van der Waals surface area contributed by atoms with Gasteiger partial charge in [0.15, 0.2) is 6.17 Å². The van der Waals surface area contributed by atoms with E-state index in [0.717, 1.165) is 28.4 Å². The number of carbonyl (C=O) groups excluding carboxylic acids is 1. The lowest BCUT2D eigenvalue weighted by Crippen LogP contribution is -2.34. The first-order chi connectivity index (χ1) is 20.6. The van der Waals surface area contributed by atoms with Crippen LogP contribution in [0.3, 0.4) is 0 Å². The zero-order valence-corrected chi connectivity index (χ0v) is 24.4. The zero-order valence-electron chi connectivity index (χ0n) is 22.0. The van der Waals surface area contributed by atoms with Crippen molar-refractivity contribution >= 4 is 43.5 Å². The molecule has 226 valence electrons. The lowest BCUT2D eigenvalue weighted by Gasteiger charge is -2.23. The van der Waals surface area contributed by atoms with E-state index in [2.05, 4.69) is 31.0 Å². The average Bonchev–Trinajstić information content (AvgIpc) is 3.68. The number of nitrogens with zero attached hydrogens (tertiary/aromatic N) is 4. The SMILES string of the molecule is CCOC(=O)[C@H](Oc1ncnc2sc(-c3ccc(F)o3)c(Br)c12)[C@@H](F)c1ccccc1OCc1ccnn1CC(F)(F)F. The van der Waals surface area contributed by atoms with E-state index in [-0.39, 0.29) is 47.2 Å². The minimum absolute atomic E-state index is 0.0423. The molecule has 5 aromatic rings. The van der Waals surface area contributed by atoms with Crippen LogP contribution in [0.2, 0.25) is 0 Å². The highest BCUT2D eigenvalue weighted by molar-refractivity contribution is 9.10. The molecule has 0 aliphatic heterocycles. The fourth-order valence-corrected chi connectivity index (χ4v) is 5.99. The van der Waals surface area contributed by atoms with Crippen LogP contribution >= 0.6 is 27.3 Å². The number of benzene rings is 1. The van der Waals surface area contributed by atoms with Crippen molar-refractivity contribution in [3.05, 3.63) is 76.7 Å². The summed E-state index contributed by atoms with van der Waals surface area (Å²) in [5.41, 5.74) is -0.0254. The van der Waals surface area contributed by atoms with Gasteiger partial charge in [0.2, 0.25) is 12.0 Å². The lowest BCUT2D eigenvalue weighted by molar-refractivity contribution is -0.155. The number of para-hydroxylation sites is 1. The molecule has 1 aromatic carbocycles. The number of ether oxygens (including phenoxy) is 3. The number of hydrogen-bond acceptors (Lipinski definition) is 9. The van der Waals surface area contributed by atoms with E-state index in [1.54, 1.807) is 0 Å². The number of aromatic nitrogens is 4. The molecule has 5 rings (SSSR count). The van der Waals surface area contributed by atoms with Crippen LogP contribution in [0.4, 0.5) is 22.0 Å². The van der Waals surface area contributed by atoms with Gasteiger partial charge in [0.25, 0.3) is 6.01 Å². The van der Waals surface area contributed by atoms with E-state index in [9.17, 15) is 22.4 Å². The van der Waals surface area contributed by atoms with Crippen LogP contribution in [-0.2, 0) is 22.7 Å². The van der Waals surface area contributed by atoms with E-state index >= 15 is 4.39 Å². The van der Waals surface area contributed by atoms with Crippen molar-refractivity contribution in [2.24, 2.45) is 0 Å². The lowest BCUT2D eigenvalue weighted by atomic mass is 10.0. The highest BCUT2D eigenvalue weighted by atomic mass is 79.9. The van der Waals surface area contributed by atoms with Crippen molar-refractivity contribution in [3.8, 4) is 22.3 Å². The monoisotopic (exact) mass is 686 g/mol. The number of halogens is 6. The van der Waals surface area contributed by atoms with E-state index in [1.165, 1.54) is 49.5 Å². The van der Waals surface area contributed by atoms with E-state index < -0.39 is 37.0 Å². The molecule has 0 bridgehead atoms. The molecule has 0 unspecified atom stereocenters. The maximum absolute atomic E-state index is 16.3. The van der Waals surface area contributed by atoms with Crippen molar-refractivity contribution in [1.82, 2.24) is 19.7 Å². The fourth-order valence-electron chi connectivity index (χ4n) is 4.08. The third-order valence-electron chi connectivity index (χ3n) is 5.94. The second kappa shape index (κ2) is 12.7. The topological polar surface area (TPSA) is 102 Å². The second-order valence-electron chi connectivity index (χ2n) is 8.82. The summed E-state index contributed by atoms with van der Waals surface area (Å²) in [6.07, 6.45) is -6.21. The number of hydrogen-bond donors (Lipinski definition) is 0. The Labute approximate surface area is 252 Å². The van der Waals surface area contributed by atoms with Crippen molar-refractivity contribution in [2.75, 3.05) is 6.61 Å². The van der Waals surface area contributed by atoms with Crippen molar-refractivity contribution in [1.29, 1.82) is 0 Å². The Bertz CT molecular complexity index is 1740. The highest BCUT2D eigenvalue weighted by Gasteiger charge is 2.37. The molecular formula is C27H20BrF5N4O5S. The van der Waals surface area contributed by atoms with Gasteiger partial charge in [-0.3, -0.25) is 4.68 Å². The number of thiophene rings is 1. The molecular weight excluding hydrogens is 667 g/mol. The summed E-state index contributed by atoms with van der Waals surface area (Å²) in [5.74, 6) is -1.05. The second-order valence-corrected chi connectivity index (χ2v) is 10.6. The van der Waals surface area contributed by atoms with Gasteiger partial charge in [-0.25, -0.2) is 19.2 Å². The van der Waals surface area contributed by atoms with Gasteiger partial charge in [-0.15, -0.1) is 11.3 Å². The minimum atomic E-state index is -4.51. The summed E-state index contributed by atoms with van der Waals surface area (Å²) in [5, 5.41) is 3.95. The first-order valence-electron chi connectivity index (χ1n) is 12.5. The number of esters is 1. The van der Waals surface area contributed by atoms with E-state index in [0.29, 0.717) is 14.2 Å². The Morgan fingerprint density at radius 2 is 1.95 bits per heavy atom. The first kappa shape index (κ1) is 30.4. The molecule has 2 atom stereocenters. The molecule has 0 radical (unpaired) electrons. The molecule has 16 heteroatoms. The summed E-state index contributed by atoms with van der Waals surface area (Å²) < 4.78 is 91.3. The molecule has 0 fully saturated rings. The maximum atomic E-state index is 16.3. The Hall–Kier alpha value is -4.05. The minimum Gasteiger partial charge on any atom is -0.487 e. The molecule has 4 aromatic heterocycles. The summed E-state index contributed by atoms with van der Waals surface area (Å²) in [6.45, 7) is -0.235. The highest BCUT2D eigenvalue weighted by Crippen LogP contribution is 2.45. The normalized spacial score (nSPS) is 13.2. The van der Waals surface area contributed by atoms with Gasteiger partial charge < -0.3 is 18.6 Å². The van der Waals surface area contributed by atoms with E-state index in [1.807, 2.05) is 0 Å². The molecule has 43 heavy (non-hydrogen) atoms. The Balaban J connectivity index is 1.45. The number of rotatable bonds is 11. The van der Waals surface area contributed by atoms with Gasteiger partial charge in [-0.2, -0.15) is 22.7 Å². The van der Waals surface area contributed by atoms with Crippen LogP contribution in [0.15, 0.2) is 63.9 Å². The summed E-state index contributed by atoms with van der Waals surface area (Å²) in [7, 11) is 0. The first-order valence-corrected chi connectivity index (χ1v) is 14.1. The number of furan rings is 1. The van der Waals surface area contributed by atoms with Crippen LogP contribution in [0.5, 0.6) is 11.6 Å². The van der Waals surface area contributed by atoms with Crippen molar-refractivity contribution in [2.45, 2.75) is 38.5 Å². The number of fused-ring (bicyclic) bond motifs is 1. The van der Waals surface area contributed by atoms with Crippen LogP contribution < -0.4 is 9.47 Å². The quantitative estimate of drug-likeness (QED) is 0.106. The number of carbonyl (C=O) groups is 1. The molecule has 0 amide bonds. The van der Waals surface area contributed by atoms with Gasteiger partial charge in [0, 0.05) is 17.8 Å². The van der Waals surface area contributed by atoms with Crippen LogP contribution in [0, 0.1) is 6.01 Å². The average molecular weight is 687 g/mol.